The number of aromatic amines is 1. The van der Waals surface area contributed by atoms with Gasteiger partial charge in [0.25, 0.3) is 5.91 Å². The van der Waals surface area contributed by atoms with Gasteiger partial charge in [-0.2, -0.15) is 5.10 Å². The van der Waals surface area contributed by atoms with Gasteiger partial charge < -0.3 is 19.5 Å². The third kappa shape index (κ3) is 3.92. The van der Waals surface area contributed by atoms with Crippen LogP contribution in [0.3, 0.4) is 0 Å². The van der Waals surface area contributed by atoms with Crippen molar-refractivity contribution >= 4 is 5.91 Å². The quantitative estimate of drug-likeness (QED) is 0.464. The lowest BCUT2D eigenvalue weighted by Gasteiger charge is -2.27. The number of ether oxygens (including phenoxy) is 2. The number of rotatable bonds is 8. The number of carbonyl (C=O) groups is 1. The number of phenolic OH excluding ortho intramolecular Hbond substituents is 1. The van der Waals surface area contributed by atoms with Crippen LogP contribution in [0.1, 0.15) is 65.0 Å². The predicted octanol–water partition coefficient (Wildman–Crippen LogP) is 5.15. The van der Waals surface area contributed by atoms with Gasteiger partial charge in [-0.15, -0.1) is 0 Å². The van der Waals surface area contributed by atoms with Gasteiger partial charge in [-0.05, 0) is 55.2 Å². The van der Waals surface area contributed by atoms with Crippen molar-refractivity contribution in [1.29, 1.82) is 0 Å². The maximum atomic E-state index is 13.5. The average Bonchev–Trinajstić information content (AvgIpc) is 3.32. The first kappa shape index (κ1) is 22.7. The van der Waals surface area contributed by atoms with Crippen LogP contribution in [-0.4, -0.2) is 46.9 Å². The SMILES string of the molecule is CCCCCN1C(=O)c2[nH]nc(-c3c(C)cc(C)cc3O)c2C1c1ccc(OC)c(OC)c1. The molecule has 0 aliphatic carbocycles. The van der Waals surface area contributed by atoms with Gasteiger partial charge in [0, 0.05) is 17.7 Å². The van der Waals surface area contributed by atoms with Crippen molar-refractivity contribution in [2.75, 3.05) is 20.8 Å². The molecule has 0 bridgehead atoms. The Balaban J connectivity index is 1.89. The van der Waals surface area contributed by atoms with E-state index in [1.54, 1.807) is 20.3 Å². The van der Waals surface area contributed by atoms with Crippen LogP contribution in [0.4, 0.5) is 0 Å². The third-order valence-electron chi connectivity index (χ3n) is 6.29. The topological polar surface area (TPSA) is 87.7 Å². The molecule has 7 heteroatoms. The number of nitrogens with zero attached hydrogens (tertiary/aromatic N) is 2. The molecule has 3 aromatic rings. The molecule has 4 rings (SSSR count). The molecule has 0 fully saturated rings. The average molecular weight is 450 g/mol. The molecule has 7 nitrogen and oxygen atoms in total. The fourth-order valence-electron chi connectivity index (χ4n) is 4.77. The molecular weight excluding hydrogens is 418 g/mol. The van der Waals surface area contributed by atoms with Crippen molar-refractivity contribution in [3.8, 4) is 28.5 Å². The van der Waals surface area contributed by atoms with E-state index in [1.165, 1.54) is 0 Å². The summed E-state index contributed by atoms with van der Waals surface area (Å²) >= 11 is 0. The van der Waals surface area contributed by atoms with Gasteiger partial charge in [0.15, 0.2) is 11.5 Å². The van der Waals surface area contributed by atoms with E-state index in [1.807, 2.05) is 43.0 Å². The summed E-state index contributed by atoms with van der Waals surface area (Å²) in [5.41, 5.74) is 5.28. The van der Waals surface area contributed by atoms with Crippen molar-refractivity contribution in [2.45, 2.75) is 46.1 Å². The number of unbranched alkanes of at least 4 members (excludes halogenated alkanes) is 2. The van der Waals surface area contributed by atoms with Crippen molar-refractivity contribution in [3.63, 3.8) is 0 Å². The normalized spacial score (nSPS) is 15.1. The second-order valence-corrected chi connectivity index (χ2v) is 8.56. The fourth-order valence-corrected chi connectivity index (χ4v) is 4.77. The highest BCUT2D eigenvalue weighted by Gasteiger charge is 2.42. The van der Waals surface area contributed by atoms with Crippen LogP contribution in [0, 0.1) is 13.8 Å². The summed E-state index contributed by atoms with van der Waals surface area (Å²) in [6, 6.07) is 9.12. The highest BCUT2D eigenvalue weighted by molar-refractivity contribution is 6.00. The van der Waals surface area contributed by atoms with Crippen LogP contribution in [0.25, 0.3) is 11.3 Å². The molecule has 2 heterocycles. The van der Waals surface area contributed by atoms with Gasteiger partial charge >= 0.3 is 0 Å². The molecule has 0 saturated heterocycles. The highest BCUT2D eigenvalue weighted by Crippen LogP contribution is 2.46. The first-order valence-corrected chi connectivity index (χ1v) is 11.3. The smallest absolute Gasteiger partial charge is 0.273 e. The van der Waals surface area contributed by atoms with E-state index in [0.29, 0.717) is 35.0 Å². The number of benzene rings is 2. The minimum atomic E-state index is -0.349. The Labute approximate surface area is 194 Å². The van der Waals surface area contributed by atoms with Crippen LogP contribution in [0.15, 0.2) is 30.3 Å². The summed E-state index contributed by atoms with van der Waals surface area (Å²) in [6.07, 6.45) is 3.02. The highest BCUT2D eigenvalue weighted by atomic mass is 16.5. The van der Waals surface area contributed by atoms with Crippen LogP contribution >= 0.6 is 0 Å². The van der Waals surface area contributed by atoms with Crippen molar-refractivity contribution in [1.82, 2.24) is 15.1 Å². The molecule has 33 heavy (non-hydrogen) atoms. The number of aromatic hydroxyl groups is 1. The standard InChI is InChI=1S/C26H31N3O4/c1-6-7-8-11-29-25(17-9-10-19(32-4)20(14-17)33-5)22-23(27-28-24(22)26(29)31)21-16(3)12-15(2)13-18(21)30/h9-10,12-14,25,30H,6-8,11H2,1-5H3,(H,27,28). The zero-order valence-electron chi connectivity index (χ0n) is 19.9. The number of amides is 1. The van der Waals surface area contributed by atoms with Crippen LogP contribution in [0.5, 0.6) is 17.2 Å². The van der Waals surface area contributed by atoms with Gasteiger partial charge in [-0.25, -0.2) is 0 Å². The molecule has 1 aromatic heterocycles. The van der Waals surface area contributed by atoms with Crippen LogP contribution in [-0.2, 0) is 0 Å². The molecule has 1 aliphatic heterocycles. The van der Waals surface area contributed by atoms with Gasteiger partial charge in [-0.3, -0.25) is 9.89 Å². The molecule has 1 unspecified atom stereocenters. The number of phenols is 1. The summed E-state index contributed by atoms with van der Waals surface area (Å²) in [7, 11) is 3.20. The number of aryl methyl sites for hydroxylation is 2. The van der Waals surface area contributed by atoms with Gasteiger partial charge in [0.1, 0.15) is 17.1 Å². The molecule has 1 aliphatic rings. The predicted molar refractivity (Wildman–Crippen MR) is 127 cm³/mol. The van der Waals surface area contributed by atoms with Gasteiger partial charge in [0.2, 0.25) is 0 Å². The van der Waals surface area contributed by atoms with E-state index in [9.17, 15) is 9.90 Å². The third-order valence-corrected chi connectivity index (χ3v) is 6.29. The maximum Gasteiger partial charge on any atom is 0.273 e. The second kappa shape index (κ2) is 9.17. The first-order valence-electron chi connectivity index (χ1n) is 11.3. The number of carbonyl (C=O) groups excluding carboxylic acids is 1. The Hall–Kier alpha value is -3.48. The molecule has 2 aromatic carbocycles. The lowest BCUT2D eigenvalue weighted by molar-refractivity contribution is 0.0740. The molecule has 0 radical (unpaired) electrons. The second-order valence-electron chi connectivity index (χ2n) is 8.56. The summed E-state index contributed by atoms with van der Waals surface area (Å²) in [5.74, 6) is 1.31. The molecule has 2 N–H and O–H groups in total. The fraction of sp³-hybridized carbons (Fsp3) is 0.385. The number of methoxy groups -OCH3 is 2. The Kier molecular flexibility index (Phi) is 6.31. The van der Waals surface area contributed by atoms with E-state index < -0.39 is 0 Å². The Bertz CT molecular complexity index is 1160. The molecule has 1 amide bonds. The van der Waals surface area contributed by atoms with E-state index in [0.717, 1.165) is 41.5 Å². The zero-order valence-corrected chi connectivity index (χ0v) is 19.9. The molecule has 0 saturated carbocycles. The van der Waals surface area contributed by atoms with E-state index in [4.69, 9.17) is 9.47 Å². The lowest BCUT2D eigenvalue weighted by atomic mass is 9.93. The Morgan fingerprint density at radius 2 is 1.85 bits per heavy atom. The first-order chi connectivity index (χ1) is 15.9. The molecule has 174 valence electrons. The van der Waals surface area contributed by atoms with Crippen molar-refractivity contribution < 1.29 is 19.4 Å². The number of fused-ring (bicyclic) bond motifs is 1. The number of H-pyrrole nitrogens is 1. The van der Waals surface area contributed by atoms with E-state index >= 15 is 0 Å². The van der Waals surface area contributed by atoms with Crippen molar-refractivity contribution in [2.24, 2.45) is 0 Å². The summed E-state index contributed by atoms with van der Waals surface area (Å²) in [5, 5.41) is 18.3. The number of hydrogen-bond donors (Lipinski definition) is 2. The zero-order chi connectivity index (χ0) is 23.7. The summed E-state index contributed by atoms with van der Waals surface area (Å²) in [6.45, 7) is 6.67. The van der Waals surface area contributed by atoms with E-state index in [2.05, 4.69) is 17.1 Å². The number of nitrogens with one attached hydrogen (secondary N) is 1. The minimum absolute atomic E-state index is 0.0797. The molecular formula is C26H31N3O4. The Morgan fingerprint density at radius 1 is 1.09 bits per heavy atom. The largest absolute Gasteiger partial charge is 0.507 e. The number of aromatic nitrogens is 2. The van der Waals surface area contributed by atoms with Gasteiger partial charge in [-0.1, -0.05) is 31.9 Å². The monoisotopic (exact) mass is 449 g/mol. The van der Waals surface area contributed by atoms with Crippen LogP contribution < -0.4 is 9.47 Å². The Morgan fingerprint density at radius 3 is 2.52 bits per heavy atom. The van der Waals surface area contributed by atoms with Crippen LogP contribution in [0.2, 0.25) is 0 Å². The summed E-state index contributed by atoms with van der Waals surface area (Å²) < 4.78 is 11.0. The van der Waals surface area contributed by atoms with Gasteiger partial charge in [0.05, 0.1) is 20.3 Å². The number of hydrogen-bond acceptors (Lipinski definition) is 5. The van der Waals surface area contributed by atoms with E-state index in [-0.39, 0.29) is 17.7 Å². The lowest BCUT2D eigenvalue weighted by Crippen LogP contribution is -2.30. The summed E-state index contributed by atoms with van der Waals surface area (Å²) in [4.78, 5) is 15.3. The minimum Gasteiger partial charge on any atom is -0.507 e. The maximum absolute atomic E-state index is 13.5. The molecule has 0 spiro atoms. The molecule has 1 atom stereocenters. The van der Waals surface area contributed by atoms with Crippen molar-refractivity contribution in [3.05, 3.63) is 58.3 Å².